The molecular weight excluding hydrogens is 507 g/mol. The van der Waals surface area contributed by atoms with Crippen LogP contribution in [0.1, 0.15) is 53.6 Å². The highest BCUT2D eigenvalue weighted by atomic mass is 19.1. The maximum Gasteiger partial charge on any atom is 0.255 e. The van der Waals surface area contributed by atoms with Crippen LogP contribution in [0.5, 0.6) is 0 Å². The molecule has 0 unspecified atom stereocenters. The minimum atomic E-state index is -1.10. The van der Waals surface area contributed by atoms with E-state index in [4.69, 9.17) is 10.8 Å². The molecule has 1 aromatic carbocycles. The summed E-state index contributed by atoms with van der Waals surface area (Å²) in [6.45, 7) is 6.59. The summed E-state index contributed by atoms with van der Waals surface area (Å²) in [6, 6.07) is 12.1. The molecule has 2 amide bonds. The van der Waals surface area contributed by atoms with Gasteiger partial charge in [-0.3, -0.25) is 9.59 Å². The van der Waals surface area contributed by atoms with Crippen LogP contribution in [0.3, 0.4) is 0 Å². The van der Waals surface area contributed by atoms with Gasteiger partial charge in [-0.25, -0.2) is 8.91 Å². The molecule has 2 N–H and O–H groups in total. The second-order valence-corrected chi connectivity index (χ2v) is 12.0. The lowest BCUT2D eigenvalue weighted by molar-refractivity contribution is -0.133. The smallest absolute Gasteiger partial charge is 0.255 e. The van der Waals surface area contributed by atoms with E-state index in [1.165, 1.54) is 34.2 Å². The van der Waals surface area contributed by atoms with Gasteiger partial charge in [0.05, 0.1) is 28.8 Å². The van der Waals surface area contributed by atoms with Gasteiger partial charge in [-0.1, -0.05) is 18.2 Å². The largest absolute Gasteiger partial charge is 0.342 e. The Balaban J connectivity index is 1.28. The molecule has 0 spiro atoms. The van der Waals surface area contributed by atoms with Gasteiger partial charge in [0.1, 0.15) is 11.9 Å². The van der Waals surface area contributed by atoms with Crippen LogP contribution < -0.4 is 5.73 Å². The van der Waals surface area contributed by atoms with Crippen molar-refractivity contribution in [3.05, 3.63) is 59.3 Å². The first-order valence-electron chi connectivity index (χ1n) is 14.3. The molecule has 3 aliphatic rings. The Morgan fingerprint density at radius 2 is 1.88 bits per heavy atom. The summed E-state index contributed by atoms with van der Waals surface area (Å²) in [5.41, 5.74) is 13.0. The zero-order valence-electron chi connectivity index (χ0n) is 23.0. The minimum absolute atomic E-state index is 0.0722. The van der Waals surface area contributed by atoms with Crippen molar-refractivity contribution < 1.29 is 14.0 Å². The minimum Gasteiger partial charge on any atom is -0.342 e. The number of fused-ring (bicyclic) bond motifs is 2. The summed E-state index contributed by atoms with van der Waals surface area (Å²) in [5, 5.41) is 6.19. The number of halogens is 1. The molecule has 9 heteroatoms. The highest BCUT2D eigenvalue weighted by molar-refractivity contribution is 5.95. The third kappa shape index (κ3) is 4.27. The molecule has 1 aliphatic carbocycles. The van der Waals surface area contributed by atoms with E-state index in [0.29, 0.717) is 23.9 Å². The quantitative estimate of drug-likeness (QED) is 0.411. The molecule has 1 saturated carbocycles. The van der Waals surface area contributed by atoms with E-state index in [2.05, 4.69) is 35.8 Å². The van der Waals surface area contributed by atoms with Crippen molar-refractivity contribution in [2.24, 2.45) is 11.7 Å². The number of aromatic nitrogens is 3. The molecule has 8 nitrogen and oxygen atoms in total. The van der Waals surface area contributed by atoms with E-state index >= 15 is 0 Å². The fourth-order valence-electron chi connectivity index (χ4n) is 6.53. The van der Waals surface area contributed by atoms with Gasteiger partial charge in [0.15, 0.2) is 0 Å². The van der Waals surface area contributed by atoms with E-state index in [1.54, 1.807) is 23.7 Å². The Bertz CT molecular complexity index is 1640. The number of carbonyl (C=O) groups excluding carboxylic acids is 2. The van der Waals surface area contributed by atoms with Crippen LogP contribution in [0.2, 0.25) is 0 Å². The second kappa shape index (κ2) is 9.44. The molecule has 2 saturated heterocycles. The second-order valence-electron chi connectivity index (χ2n) is 12.0. The first kappa shape index (κ1) is 25.3. The number of alkyl halides is 1. The summed E-state index contributed by atoms with van der Waals surface area (Å²) in [7, 11) is 0. The van der Waals surface area contributed by atoms with Crippen LogP contribution in [-0.4, -0.2) is 74.2 Å². The van der Waals surface area contributed by atoms with Crippen LogP contribution >= 0.6 is 0 Å². The molecule has 40 heavy (non-hydrogen) atoms. The van der Waals surface area contributed by atoms with Crippen molar-refractivity contribution in [1.29, 1.82) is 0 Å². The summed E-state index contributed by atoms with van der Waals surface area (Å²) in [6.07, 6.45) is 3.41. The van der Waals surface area contributed by atoms with Gasteiger partial charge in [-0.2, -0.15) is 5.10 Å². The highest BCUT2D eigenvalue weighted by Gasteiger charge is 2.34. The molecule has 3 fully saturated rings. The zero-order valence-corrected chi connectivity index (χ0v) is 23.0. The van der Waals surface area contributed by atoms with Gasteiger partial charge in [0.25, 0.3) is 5.91 Å². The number of carbonyl (C=O) groups is 2. The molecule has 208 valence electrons. The molecule has 0 radical (unpaired) electrons. The molecule has 2 aliphatic heterocycles. The Labute approximate surface area is 232 Å². The summed E-state index contributed by atoms with van der Waals surface area (Å²) in [4.78, 5) is 28.5. The van der Waals surface area contributed by atoms with Gasteiger partial charge < -0.3 is 20.1 Å². The number of para-hydroxylation sites is 1. The van der Waals surface area contributed by atoms with Crippen LogP contribution in [0, 0.1) is 12.8 Å². The molecule has 2 atom stereocenters. The van der Waals surface area contributed by atoms with E-state index in [9.17, 15) is 14.0 Å². The van der Waals surface area contributed by atoms with Crippen LogP contribution in [-0.2, 0) is 11.3 Å². The molecular formula is C31H35FN6O2. The number of rotatable bonds is 5. The van der Waals surface area contributed by atoms with Crippen molar-refractivity contribution >= 4 is 28.2 Å². The molecule has 0 bridgehead atoms. The molecule has 4 aromatic rings. The number of benzene rings is 1. The number of nitrogens with two attached hydrogens (primary N) is 1. The topological polar surface area (TPSA) is 88.9 Å². The number of amides is 2. The van der Waals surface area contributed by atoms with Crippen molar-refractivity contribution in [3.8, 4) is 11.4 Å². The molecule has 5 heterocycles. The summed E-state index contributed by atoms with van der Waals surface area (Å²) < 4.78 is 18.3. The van der Waals surface area contributed by atoms with E-state index in [0.717, 1.165) is 42.1 Å². The lowest BCUT2D eigenvalue weighted by Gasteiger charge is -2.39. The van der Waals surface area contributed by atoms with Crippen LogP contribution in [0.4, 0.5) is 4.39 Å². The monoisotopic (exact) mass is 542 g/mol. The van der Waals surface area contributed by atoms with E-state index in [1.807, 2.05) is 11.0 Å². The van der Waals surface area contributed by atoms with Crippen LogP contribution in [0.25, 0.3) is 27.8 Å². The van der Waals surface area contributed by atoms with Gasteiger partial charge >= 0.3 is 0 Å². The predicted octanol–water partition coefficient (Wildman–Crippen LogP) is 4.13. The first-order valence-corrected chi connectivity index (χ1v) is 14.3. The van der Waals surface area contributed by atoms with Crippen molar-refractivity contribution in [2.45, 2.75) is 57.8 Å². The molecule has 3 aromatic heterocycles. The molecule has 7 rings (SSSR count). The van der Waals surface area contributed by atoms with Gasteiger partial charge in [-0.15, -0.1) is 0 Å². The number of hydrogen-bond donors (Lipinski definition) is 1. The van der Waals surface area contributed by atoms with Crippen molar-refractivity contribution in [1.82, 2.24) is 24.0 Å². The van der Waals surface area contributed by atoms with Gasteiger partial charge in [-0.05, 0) is 55.9 Å². The number of nitrogens with zero attached hydrogens (tertiary/aromatic N) is 5. The number of piperidine rings is 1. The fraction of sp³-hybridized carbons (Fsp3) is 0.452. The highest BCUT2D eigenvalue weighted by Crippen LogP contribution is 2.40. The Hall–Kier alpha value is -3.72. The average Bonchev–Trinajstić information content (AvgIpc) is 3.55. The van der Waals surface area contributed by atoms with E-state index in [-0.39, 0.29) is 30.8 Å². The maximum atomic E-state index is 14.1. The predicted molar refractivity (Wildman–Crippen MR) is 152 cm³/mol. The summed E-state index contributed by atoms with van der Waals surface area (Å²) in [5.74, 6) is 0.899. The Kier molecular flexibility index (Phi) is 5.96. The third-order valence-corrected chi connectivity index (χ3v) is 8.94. The zero-order chi connectivity index (χ0) is 27.7. The standard InChI is InChI=1S/C31H35FN6O2/c1-18-27-9-8-22(31(40)36-16-24(32)11-25(33)17-36)15-38(27)34-29(18)28-10-21-4-3-5-26(23-13-35(14-23)19(2)39)30(21)37(28)12-20-6-7-20/h3-5,8-10,15,20,23-25H,6-7,11-14,16-17,33H2,1-2H3/t24-,25-/m1/s1. The Morgan fingerprint density at radius 1 is 1.07 bits per heavy atom. The average molecular weight is 543 g/mol. The van der Waals surface area contributed by atoms with E-state index < -0.39 is 6.17 Å². The number of likely N-dealkylation sites (tertiary alicyclic amines) is 2. The number of hydrogen-bond acceptors (Lipinski definition) is 4. The third-order valence-electron chi connectivity index (χ3n) is 8.94. The van der Waals surface area contributed by atoms with Gasteiger partial charge in [0, 0.05) is 62.2 Å². The Morgan fingerprint density at radius 3 is 2.60 bits per heavy atom. The first-order chi connectivity index (χ1) is 19.3. The summed E-state index contributed by atoms with van der Waals surface area (Å²) >= 11 is 0. The normalized spacial score (nSPS) is 21.8. The maximum absolute atomic E-state index is 14.1. The lowest BCUT2D eigenvalue weighted by atomic mass is 9.90. The number of pyridine rings is 1. The van der Waals surface area contributed by atoms with Gasteiger partial charge in [0.2, 0.25) is 5.91 Å². The van der Waals surface area contributed by atoms with Crippen molar-refractivity contribution in [3.63, 3.8) is 0 Å². The fourth-order valence-corrected chi connectivity index (χ4v) is 6.53. The SMILES string of the molecule is CC(=O)N1CC(c2cccc3cc(-c4nn5cc(C(=O)N6C[C@H](N)C[C@@H](F)C6)ccc5c4C)n(CC4CC4)c23)C1. The van der Waals surface area contributed by atoms with Crippen molar-refractivity contribution in [2.75, 3.05) is 26.2 Å². The number of aryl methyl sites for hydroxylation is 1. The lowest BCUT2D eigenvalue weighted by Crippen LogP contribution is -2.50. The van der Waals surface area contributed by atoms with Crippen LogP contribution in [0.15, 0.2) is 42.6 Å².